The van der Waals surface area contributed by atoms with Crippen LogP contribution in [0.1, 0.15) is 26.0 Å². The standard InChI is InChI=1S/C29H28ClFN6O3/c1-4-8-21-22(10-7-12-32-21)37-28-18(15-19(30)26(33-28)25-20(31)9-6-11-23(25)38)27(34-29(37)40)36-14-13-35(16-17(36)3)24(39)5-2/h5-7,9-12,15,17,38H,2,4,8,13-14,16H2,1,3H3/t17-/m0/s1. The summed E-state index contributed by atoms with van der Waals surface area (Å²) in [6.07, 6.45) is 4.34. The summed E-state index contributed by atoms with van der Waals surface area (Å²) in [5, 5.41) is 11.0. The van der Waals surface area contributed by atoms with E-state index < -0.39 is 11.5 Å². The first-order valence-corrected chi connectivity index (χ1v) is 13.4. The van der Waals surface area contributed by atoms with Crippen LogP contribution in [0.2, 0.25) is 5.02 Å². The molecular weight excluding hydrogens is 535 g/mol. The second-order valence-corrected chi connectivity index (χ2v) is 10.0. The van der Waals surface area contributed by atoms with Crippen LogP contribution in [-0.4, -0.2) is 61.1 Å². The van der Waals surface area contributed by atoms with E-state index in [0.717, 1.165) is 6.42 Å². The number of phenols is 1. The van der Waals surface area contributed by atoms with Crippen LogP contribution in [0, 0.1) is 5.82 Å². The fraction of sp³-hybridized carbons (Fsp3) is 0.276. The molecule has 1 aliphatic heterocycles. The Morgan fingerprint density at radius 3 is 2.75 bits per heavy atom. The van der Waals surface area contributed by atoms with Crippen LogP contribution in [0.15, 0.2) is 60.0 Å². The normalized spacial score (nSPS) is 15.4. The molecule has 3 aromatic heterocycles. The molecule has 1 amide bonds. The molecule has 0 radical (unpaired) electrons. The number of phenolic OH excluding ortho intramolecular Hbond substituents is 1. The topological polar surface area (TPSA) is 104 Å². The average molecular weight is 563 g/mol. The third kappa shape index (κ3) is 4.79. The minimum atomic E-state index is -0.707. The number of rotatable bonds is 6. The number of carbonyl (C=O) groups is 1. The number of nitrogens with zero attached hydrogens (tertiary/aromatic N) is 6. The maximum atomic E-state index is 14.9. The van der Waals surface area contributed by atoms with Gasteiger partial charge in [0.05, 0.1) is 33.0 Å². The molecule has 4 heterocycles. The molecule has 0 spiro atoms. The van der Waals surface area contributed by atoms with Crippen molar-refractivity contribution in [2.75, 3.05) is 24.5 Å². The lowest BCUT2D eigenvalue weighted by atomic mass is 10.1. The van der Waals surface area contributed by atoms with Gasteiger partial charge in [-0.3, -0.25) is 9.78 Å². The van der Waals surface area contributed by atoms with Crippen molar-refractivity contribution in [2.24, 2.45) is 0 Å². The molecule has 40 heavy (non-hydrogen) atoms. The predicted octanol–water partition coefficient (Wildman–Crippen LogP) is 4.52. The summed E-state index contributed by atoms with van der Waals surface area (Å²) in [5.41, 5.74) is 0.607. The summed E-state index contributed by atoms with van der Waals surface area (Å²) >= 11 is 6.68. The van der Waals surface area contributed by atoms with Gasteiger partial charge in [-0.1, -0.05) is 37.6 Å². The van der Waals surface area contributed by atoms with Gasteiger partial charge in [-0.05, 0) is 49.8 Å². The van der Waals surface area contributed by atoms with Crippen LogP contribution >= 0.6 is 11.6 Å². The molecule has 11 heteroatoms. The van der Waals surface area contributed by atoms with E-state index in [4.69, 9.17) is 16.6 Å². The SMILES string of the molecule is C=CC(=O)N1CCN(c2nc(=O)n(-c3cccnc3CCC)c3nc(-c4c(O)cccc4F)c(Cl)cc23)[C@@H](C)C1. The summed E-state index contributed by atoms with van der Waals surface area (Å²) in [6.45, 7) is 8.74. The minimum Gasteiger partial charge on any atom is -0.507 e. The van der Waals surface area contributed by atoms with Crippen LogP contribution in [0.5, 0.6) is 5.75 Å². The number of aromatic hydroxyl groups is 1. The first-order valence-electron chi connectivity index (χ1n) is 13.0. The maximum Gasteiger partial charge on any atom is 0.355 e. The second-order valence-electron chi connectivity index (χ2n) is 9.63. The van der Waals surface area contributed by atoms with E-state index in [-0.39, 0.29) is 39.6 Å². The van der Waals surface area contributed by atoms with Crippen molar-refractivity contribution in [1.29, 1.82) is 0 Å². The first kappa shape index (κ1) is 27.3. The molecule has 0 bridgehead atoms. The molecular formula is C29H28ClFN6O3. The minimum absolute atomic E-state index is 0.00885. The molecule has 5 rings (SSSR count). The number of benzene rings is 1. The first-order chi connectivity index (χ1) is 19.2. The van der Waals surface area contributed by atoms with Crippen molar-refractivity contribution in [1.82, 2.24) is 24.4 Å². The monoisotopic (exact) mass is 562 g/mol. The number of anilines is 1. The van der Waals surface area contributed by atoms with Crippen molar-refractivity contribution >= 4 is 34.4 Å². The van der Waals surface area contributed by atoms with Crippen molar-refractivity contribution < 1.29 is 14.3 Å². The zero-order valence-electron chi connectivity index (χ0n) is 22.1. The van der Waals surface area contributed by atoms with Crippen molar-refractivity contribution in [3.05, 3.63) is 82.3 Å². The molecule has 0 unspecified atom stereocenters. The Morgan fingerprint density at radius 1 is 1.25 bits per heavy atom. The van der Waals surface area contributed by atoms with Gasteiger partial charge in [0.25, 0.3) is 0 Å². The van der Waals surface area contributed by atoms with Gasteiger partial charge >= 0.3 is 5.69 Å². The lowest BCUT2D eigenvalue weighted by molar-refractivity contribution is -0.126. The van der Waals surface area contributed by atoms with Crippen LogP contribution < -0.4 is 10.6 Å². The molecule has 1 saturated heterocycles. The Kier molecular flexibility index (Phi) is 7.53. The number of carbonyl (C=O) groups excluding carboxylic acids is 1. The number of halogens is 2. The van der Waals surface area contributed by atoms with Gasteiger partial charge in [0.15, 0.2) is 5.65 Å². The Labute approximate surface area is 235 Å². The fourth-order valence-electron chi connectivity index (χ4n) is 5.13. The number of aryl methyl sites for hydroxylation is 1. The third-order valence-electron chi connectivity index (χ3n) is 7.01. The summed E-state index contributed by atoms with van der Waals surface area (Å²) in [5.74, 6) is -0.851. The third-order valence-corrected chi connectivity index (χ3v) is 7.30. The van der Waals surface area contributed by atoms with Gasteiger partial charge in [0, 0.05) is 31.9 Å². The molecule has 0 saturated carbocycles. The Morgan fingerprint density at radius 2 is 2.05 bits per heavy atom. The molecule has 1 aromatic carbocycles. The molecule has 4 aromatic rings. The van der Waals surface area contributed by atoms with E-state index in [2.05, 4.69) is 16.5 Å². The van der Waals surface area contributed by atoms with E-state index in [1.807, 2.05) is 18.7 Å². The lowest BCUT2D eigenvalue weighted by Gasteiger charge is -2.40. The zero-order valence-corrected chi connectivity index (χ0v) is 22.9. The van der Waals surface area contributed by atoms with E-state index in [0.29, 0.717) is 48.6 Å². The van der Waals surface area contributed by atoms with Crippen molar-refractivity contribution in [3.8, 4) is 22.7 Å². The number of fused-ring (bicyclic) bond motifs is 1. The maximum absolute atomic E-state index is 14.9. The molecule has 1 fully saturated rings. The summed E-state index contributed by atoms with van der Waals surface area (Å²) < 4.78 is 16.3. The van der Waals surface area contributed by atoms with E-state index in [1.165, 1.54) is 28.8 Å². The highest BCUT2D eigenvalue weighted by Crippen LogP contribution is 2.38. The number of pyridine rings is 2. The van der Waals surface area contributed by atoms with Gasteiger partial charge in [-0.15, -0.1) is 0 Å². The smallest absolute Gasteiger partial charge is 0.355 e. The highest BCUT2D eigenvalue weighted by atomic mass is 35.5. The average Bonchev–Trinajstić information content (AvgIpc) is 2.93. The van der Waals surface area contributed by atoms with E-state index in [1.54, 1.807) is 29.3 Å². The van der Waals surface area contributed by atoms with Gasteiger partial charge in [0.2, 0.25) is 5.91 Å². The Balaban J connectivity index is 1.79. The molecule has 1 aliphatic rings. The van der Waals surface area contributed by atoms with E-state index in [9.17, 15) is 19.1 Å². The molecule has 206 valence electrons. The van der Waals surface area contributed by atoms with Crippen molar-refractivity contribution in [2.45, 2.75) is 32.7 Å². The summed E-state index contributed by atoms with van der Waals surface area (Å²) in [6, 6.07) is 8.81. The molecule has 1 atom stereocenters. The number of piperazine rings is 1. The Bertz CT molecular complexity index is 1670. The molecule has 9 nitrogen and oxygen atoms in total. The summed E-state index contributed by atoms with van der Waals surface area (Å²) in [4.78, 5) is 43.3. The molecule has 0 aliphatic carbocycles. The second kappa shape index (κ2) is 11.1. The van der Waals surface area contributed by atoms with Gasteiger partial charge in [0.1, 0.15) is 17.4 Å². The van der Waals surface area contributed by atoms with Crippen LogP contribution in [0.25, 0.3) is 28.0 Å². The van der Waals surface area contributed by atoms with Crippen LogP contribution in [-0.2, 0) is 11.2 Å². The summed E-state index contributed by atoms with van der Waals surface area (Å²) in [7, 11) is 0. The number of amides is 1. The van der Waals surface area contributed by atoms with Gasteiger partial charge in [-0.2, -0.15) is 4.98 Å². The van der Waals surface area contributed by atoms with Gasteiger partial charge in [-0.25, -0.2) is 18.7 Å². The zero-order chi connectivity index (χ0) is 28.6. The number of hydrogen-bond acceptors (Lipinski definition) is 7. The number of hydrogen-bond donors (Lipinski definition) is 1. The number of aromatic nitrogens is 4. The predicted molar refractivity (Wildman–Crippen MR) is 153 cm³/mol. The Hall–Kier alpha value is -4.31. The lowest BCUT2D eigenvalue weighted by Crippen LogP contribution is -2.54. The largest absolute Gasteiger partial charge is 0.507 e. The van der Waals surface area contributed by atoms with E-state index >= 15 is 0 Å². The fourth-order valence-corrected chi connectivity index (χ4v) is 5.37. The van der Waals surface area contributed by atoms with Crippen LogP contribution in [0.4, 0.5) is 10.2 Å². The quantitative estimate of drug-likeness (QED) is 0.345. The molecule has 1 N–H and O–H groups in total. The van der Waals surface area contributed by atoms with Gasteiger partial charge < -0.3 is 14.9 Å². The van der Waals surface area contributed by atoms with Crippen LogP contribution in [0.3, 0.4) is 0 Å². The highest BCUT2D eigenvalue weighted by Gasteiger charge is 2.30. The highest BCUT2D eigenvalue weighted by molar-refractivity contribution is 6.34. The van der Waals surface area contributed by atoms with Crippen molar-refractivity contribution in [3.63, 3.8) is 0 Å².